The molecule has 178 valence electrons. The number of hydrogen-bond acceptors (Lipinski definition) is 6. The number of aliphatic hydroxyl groups is 1. The molecular formula is C23H34IN3O5. The van der Waals surface area contributed by atoms with Gasteiger partial charge in [-0.2, -0.15) is 0 Å². The van der Waals surface area contributed by atoms with Crippen molar-refractivity contribution in [2.45, 2.75) is 19.4 Å². The molecule has 0 heterocycles. The zero-order valence-corrected chi connectivity index (χ0v) is 21.6. The highest BCUT2D eigenvalue weighted by Crippen LogP contribution is 2.28. The fraction of sp³-hybridized carbons (Fsp3) is 0.435. The van der Waals surface area contributed by atoms with Crippen molar-refractivity contribution >= 4 is 29.9 Å². The van der Waals surface area contributed by atoms with Crippen LogP contribution in [-0.2, 0) is 6.42 Å². The van der Waals surface area contributed by atoms with E-state index in [0.29, 0.717) is 47.6 Å². The van der Waals surface area contributed by atoms with Crippen LogP contribution in [0.3, 0.4) is 0 Å². The lowest BCUT2D eigenvalue weighted by Crippen LogP contribution is -2.38. The first-order valence-electron chi connectivity index (χ1n) is 10.2. The van der Waals surface area contributed by atoms with E-state index in [-0.39, 0.29) is 30.5 Å². The Morgan fingerprint density at radius 2 is 1.56 bits per heavy atom. The molecule has 0 aliphatic heterocycles. The van der Waals surface area contributed by atoms with Gasteiger partial charge in [0.2, 0.25) is 0 Å². The van der Waals surface area contributed by atoms with Gasteiger partial charge in [-0.05, 0) is 48.7 Å². The van der Waals surface area contributed by atoms with Crippen molar-refractivity contribution in [1.82, 2.24) is 10.6 Å². The first-order chi connectivity index (χ1) is 15.0. The van der Waals surface area contributed by atoms with E-state index in [1.807, 2.05) is 25.1 Å². The Kier molecular flexibility index (Phi) is 12.6. The molecule has 8 nitrogen and oxygen atoms in total. The lowest BCUT2D eigenvalue weighted by Gasteiger charge is -2.15. The third-order valence-electron chi connectivity index (χ3n) is 4.68. The number of methoxy groups -OCH3 is 4. The predicted octanol–water partition coefficient (Wildman–Crippen LogP) is 3.17. The highest BCUT2D eigenvalue weighted by molar-refractivity contribution is 14.0. The maximum Gasteiger partial charge on any atom is 0.191 e. The number of nitrogens with one attached hydrogen (secondary N) is 2. The lowest BCUT2D eigenvalue weighted by molar-refractivity contribution is 0.186. The van der Waals surface area contributed by atoms with E-state index < -0.39 is 6.10 Å². The largest absolute Gasteiger partial charge is 0.497 e. The predicted molar refractivity (Wildman–Crippen MR) is 137 cm³/mol. The van der Waals surface area contributed by atoms with E-state index in [1.54, 1.807) is 46.6 Å². The molecule has 0 fully saturated rings. The Labute approximate surface area is 207 Å². The van der Waals surface area contributed by atoms with E-state index in [1.165, 1.54) is 0 Å². The van der Waals surface area contributed by atoms with E-state index in [9.17, 15) is 5.11 Å². The van der Waals surface area contributed by atoms with Crippen molar-refractivity contribution in [2.24, 2.45) is 4.99 Å². The van der Waals surface area contributed by atoms with Crippen molar-refractivity contribution in [3.05, 3.63) is 47.5 Å². The van der Waals surface area contributed by atoms with E-state index >= 15 is 0 Å². The summed E-state index contributed by atoms with van der Waals surface area (Å²) in [6.45, 7) is 3.58. The monoisotopic (exact) mass is 559 g/mol. The molecule has 0 bridgehead atoms. The molecule has 0 saturated heterocycles. The normalized spacial score (nSPS) is 11.8. The van der Waals surface area contributed by atoms with Crippen LogP contribution in [-0.4, -0.2) is 59.1 Å². The molecule has 3 N–H and O–H groups in total. The van der Waals surface area contributed by atoms with Gasteiger partial charge in [0.1, 0.15) is 11.5 Å². The van der Waals surface area contributed by atoms with Gasteiger partial charge in [0.25, 0.3) is 0 Å². The molecule has 2 aromatic carbocycles. The molecule has 0 spiro atoms. The maximum atomic E-state index is 10.6. The van der Waals surface area contributed by atoms with Crippen LogP contribution in [0.4, 0.5) is 0 Å². The number of nitrogens with zero attached hydrogens (tertiary/aromatic N) is 1. The van der Waals surface area contributed by atoms with Crippen LogP contribution in [0.15, 0.2) is 41.4 Å². The van der Waals surface area contributed by atoms with Crippen molar-refractivity contribution < 1.29 is 24.1 Å². The fourth-order valence-corrected chi connectivity index (χ4v) is 3.01. The summed E-state index contributed by atoms with van der Waals surface area (Å²) in [6, 6.07) is 11.2. The highest BCUT2D eigenvalue weighted by Gasteiger charge is 2.11. The third-order valence-corrected chi connectivity index (χ3v) is 4.68. The first-order valence-corrected chi connectivity index (χ1v) is 10.2. The molecule has 0 aromatic heterocycles. The average molecular weight is 559 g/mol. The second kappa shape index (κ2) is 14.6. The minimum atomic E-state index is -0.787. The van der Waals surface area contributed by atoms with Crippen LogP contribution in [0.2, 0.25) is 0 Å². The summed E-state index contributed by atoms with van der Waals surface area (Å²) in [5.41, 5.74) is 1.80. The molecule has 0 aliphatic rings. The van der Waals surface area contributed by atoms with Crippen molar-refractivity contribution in [2.75, 3.05) is 48.1 Å². The van der Waals surface area contributed by atoms with Crippen LogP contribution >= 0.6 is 24.0 Å². The maximum absolute atomic E-state index is 10.6. The number of rotatable bonds is 11. The summed E-state index contributed by atoms with van der Waals surface area (Å²) in [5.74, 6) is 3.29. The SMILES string of the molecule is CCNC(=NCC(O)c1cc(OC)cc(OC)c1)NCCc1ccc(OC)c(OC)c1.I. The molecule has 2 aromatic rings. The second-order valence-corrected chi connectivity index (χ2v) is 6.75. The molecule has 0 amide bonds. The number of halogens is 1. The van der Waals surface area contributed by atoms with Crippen LogP contribution < -0.4 is 29.6 Å². The van der Waals surface area contributed by atoms with Gasteiger partial charge in [-0.3, -0.25) is 4.99 Å². The van der Waals surface area contributed by atoms with Gasteiger partial charge >= 0.3 is 0 Å². The molecular weight excluding hydrogens is 525 g/mol. The van der Waals surface area contributed by atoms with Crippen LogP contribution in [0.1, 0.15) is 24.2 Å². The van der Waals surface area contributed by atoms with Crippen molar-refractivity contribution in [3.63, 3.8) is 0 Å². The van der Waals surface area contributed by atoms with Crippen LogP contribution in [0, 0.1) is 0 Å². The quantitative estimate of drug-likeness (QED) is 0.221. The van der Waals surface area contributed by atoms with Gasteiger partial charge in [0.15, 0.2) is 17.5 Å². The third kappa shape index (κ3) is 8.27. The molecule has 0 radical (unpaired) electrons. The van der Waals surface area contributed by atoms with Gasteiger partial charge in [-0.15, -0.1) is 24.0 Å². The molecule has 1 atom stereocenters. The molecule has 0 aliphatic carbocycles. The minimum absolute atomic E-state index is 0. The number of aliphatic imine (C=N–C) groups is 1. The Morgan fingerprint density at radius 3 is 2.12 bits per heavy atom. The standard InChI is InChI=1S/C23H33N3O5.HI/c1-6-24-23(25-10-9-16-7-8-21(30-4)22(11-16)31-5)26-15-20(27)17-12-18(28-2)14-19(13-17)29-3;/h7-8,11-14,20,27H,6,9-10,15H2,1-5H3,(H2,24,25,26);1H. The van der Waals surface area contributed by atoms with E-state index in [4.69, 9.17) is 18.9 Å². The van der Waals surface area contributed by atoms with Gasteiger partial charge in [0.05, 0.1) is 41.1 Å². The number of hydrogen-bond donors (Lipinski definition) is 3. The van der Waals surface area contributed by atoms with Crippen LogP contribution in [0.5, 0.6) is 23.0 Å². The molecule has 0 saturated carbocycles. The van der Waals surface area contributed by atoms with Gasteiger partial charge in [-0.25, -0.2) is 0 Å². The van der Waals surface area contributed by atoms with E-state index in [0.717, 1.165) is 12.0 Å². The summed E-state index contributed by atoms with van der Waals surface area (Å²) in [4.78, 5) is 4.51. The summed E-state index contributed by atoms with van der Waals surface area (Å²) in [5, 5.41) is 17.1. The number of aliphatic hydroxyl groups excluding tert-OH is 1. The molecule has 32 heavy (non-hydrogen) atoms. The summed E-state index contributed by atoms with van der Waals surface area (Å²) >= 11 is 0. The summed E-state index contributed by atoms with van der Waals surface area (Å²) in [7, 11) is 6.40. The number of guanidine groups is 1. The van der Waals surface area contributed by atoms with Gasteiger partial charge in [-0.1, -0.05) is 6.07 Å². The number of ether oxygens (including phenoxy) is 4. The second-order valence-electron chi connectivity index (χ2n) is 6.75. The Balaban J connectivity index is 0.00000512. The smallest absolute Gasteiger partial charge is 0.191 e. The van der Waals surface area contributed by atoms with Crippen molar-refractivity contribution in [3.8, 4) is 23.0 Å². The van der Waals surface area contributed by atoms with Gasteiger partial charge < -0.3 is 34.7 Å². The summed E-state index contributed by atoms with van der Waals surface area (Å²) < 4.78 is 21.2. The minimum Gasteiger partial charge on any atom is -0.497 e. The summed E-state index contributed by atoms with van der Waals surface area (Å²) in [6.07, 6.45) is -0.00857. The van der Waals surface area contributed by atoms with Crippen molar-refractivity contribution in [1.29, 1.82) is 0 Å². The lowest BCUT2D eigenvalue weighted by atomic mass is 10.1. The fourth-order valence-electron chi connectivity index (χ4n) is 3.01. The topological polar surface area (TPSA) is 93.6 Å². The molecule has 1 unspecified atom stereocenters. The highest BCUT2D eigenvalue weighted by atomic mass is 127. The van der Waals surface area contributed by atoms with Crippen LogP contribution in [0.25, 0.3) is 0 Å². The molecule has 9 heteroatoms. The zero-order chi connectivity index (χ0) is 22.6. The zero-order valence-electron chi connectivity index (χ0n) is 19.3. The Bertz CT molecular complexity index is 841. The molecule has 2 rings (SSSR count). The Morgan fingerprint density at radius 1 is 0.906 bits per heavy atom. The number of benzene rings is 2. The average Bonchev–Trinajstić information content (AvgIpc) is 2.81. The Hall–Kier alpha value is -2.40. The van der Waals surface area contributed by atoms with Gasteiger partial charge in [0, 0.05) is 19.2 Å². The van der Waals surface area contributed by atoms with E-state index in [2.05, 4.69) is 15.6 Å². The first kappa shape index (κ1) is 27.6.